The summed E-state index contributed by atoms with van der Waals surface area (Å²) < 4.78 is 10.1. The fraction of sp³-hybridized carbons (Fsp3) is 1.00. The Balaban J connectivity index is 2.65. The smallest absolute Gasteiger partial charge is 0.137 e. The molecule has 1 heterocycles. The van der Waals surface area contributed by atoms with Crippen molar-refractivity contribution >= 4 is 22.6 Å². The Morgan fingerprint density at radius 2 is 1.92 bits per heavy atom. The van der Waals surface area contributed by atoms with Crippen LogP contribution in [0.15, 0.2) is 0 Å². The number of alkyl halides is 1. The second-order valence-corrected chi connectivity index (χ2v) is 4.10. The molecule has 1 rings (SSSR count). The highest BCUT2D eigenvalue weighted by Gasteiger charge is 2.41. The standard InChI is InChI=1S/C7H13IO4/c1-3-4(9)5(10)6(11-2)7(8)12-3/h3-7,9-10H,1-2H3. The van der Waals surface area contributed by atoms with Crippen molar-refractivity contribution in [1.29, 1.82) is 0 Å². The SMILES string of the molecule is COC1C(I)OC(C)C(O)C1O. The second-order valence-electron chi connectivity index (χ2n) is 2.87. The number of aliphatic hydroxyl groups excluding tert-OH is 2. The minimum Gasteiger partial charge on any atom is -0.388 e. The van der Waals surface area contributed by atoms with Crippen LogP contribution in [-0.4, -0.2) is 45.8 Å². The Morgan fingerprint density at radius 1 is 1.33 bits per heavy atom. The number of methoxy groups -OCH3 is 1. The van der Waals surface area contributed by atoms with E-state index in [9.17, 15) is 10.2 Å². The highest BCUT2D eigenvalue weighted by molar-refractivity contribution is 14.1. The number of rotatable bonds is 1. The third kappa shape index (κ3) is 1.90. The molecule has 0 bridgehead atoms. The van der Waals surface area contributed by atoms with Crippen molar-refractivity contribution in [3.63, 3.8) is 0 Å². The van der Waals surface area contributed by atoms with Gasteiger partial charge < -0.3 is 19.7 Å². The van der Waals surface area contributed by atoms with E-state index in [0.717, 1.165) is 0 Å². The first-order chi connectivity index (χ1) is 5.57. The molecule has 1 fully saturated rings. The van der Waals surface area contributed by atoms with Crippen LogP contribution < -0.4 is 0 Å². The molecule has 12 heavy (non-hydrogen) atoms. The van der Waals surface area contributed by atoms with Crippen molar-refractivity contribution in [2.24, 2.45) is 0 Å². The lowest BCUT2D eigenvalue weighted by Crippen LogP contribution is -2.55. The van der Waals surface area contributed by atoms with Gasteiger partial charge in [-0.3, -0.25) is 0 Å². The minimum atomic E-state index is -0.861. The summed E-state index contributed by atoms with van der Waals surface area (Å²) in [4.78, 5) is 0. The fourth-order valence-electron chi connectivity index (χ4n) is 1.24. The molecular weight excluding hydrogens is 275 g/mol. The molecule has 0 spiro atoms. The summed E-state index contributed by atoms with van der Waals surface area (Å²) in [5, 5.41) is 18.9. The number of aliphatic hydroxyl groups is 2. The van der Waals surface area contributed by atoms with Gasteiger partial charge in [-0.1, -0.05) is 0 Å². The second kappa shape index (κ2) is 4.19. The molecule has 0 aliphatic carbocycles. The van der Waals surface area contributed by atoms with Gasteiger partial charge in [-0.2, -0.15) is 0 Å². The lowest BCUT2D eigenvalue weighted by molar-refractivity contribution is -0.195. The van der Waals surface area contributed by atoms with Gasteiger partial charge in [0, 0.05) is 7.11 Å². The quantitative estimate of drug-likeness (QED) is 0.523. The Bertz CT molecular complexity index is 154. The zero-order valence-corrected chi connectivity index (χ0v) is 9.13. The van der Waals surface area contributed by atoms with E-state index in [1.807, 2.05) is 22.6 Å². The van der Waals surface area contributed by atoms with Gasteiger partial charge in [-0.25, -0.2) is 0 Å². The summed E-state index contributed by atoms with van der Waals surface area (Å²) >= 11 is 2.04. The molecule has 5 atom stereocenters. The molecule has 2 N–H and O–H groups in total. The molecule has 1 aliphatic heterocycles. The van der Waals surface area contributed by atoms with Gasteiger partial charge in [-0.05, 0) is 29.5 Å². The average Bonchev–Trinajstić information content (AvgIpc) is 2.01. The maximum absolute atomic E-state index is 9.52. The lowest BCUT2D eigenvalue weighted by atomic mass is 10.0. The van der Waals surface area contributed by atoms with E-state index in [2.05, 4.69) is 0 Å². The van der Waals surface area contributed by atoms with Crippen LogP contribution in [0.5, 0.6) is 0 Å². The Labute approximate surface area is 85.0 Å². The molecule has 0 aromatic rings. The van der Waals surface area contributed by atoms with Crippen molar-refractivity contribution < 1.29 is 19.7 Å². The van der Waals surface area contributed by atoms with Gasteiger partial charge in [0.2, 0.25) is 0 Å². The summed E-state index contributed by atoms with van der Waals surface area (Å²) in [5.41, 5.74) is 0. The zero-order valence-electron chi connectivity index (χ0n) is 6.98. The van der Waals surface area contributed by atoms with Crippen LogP contribution in [-0.2, 0) is 9.47 Å². The maximum atomic E-state index is 9.52. The molecular formula is C7H13IO4. The number of ether oxygens (including phenoxy) is 2. The van der Waals surface area contributed by atoms with E-state index >= 15 is 0 Å². The minimum absolute atomic E-state index is 0.207. The summed E-state index contributed by atoms with van der Waals surface area (Å²) in [6, 6.07) is 0. The van der Waals surface area contributed by atoms with Crippen LogP contribution in [0.4, 0.5) is 0 Å². The molecule has 5 unspecified atom stereocenters. The number of halogens is 1. The number of hydrogen-bond acceptors (Lipinski definition) is 4. The average molecular weight is 288 g/mol. The molecule has 4 nitrogen and oxygen atoms in total. The van der Waals surface area contributed by atoms with E-state index in [1.165, 1.54) is 7.11 Å². The van der Waals surface area contributed by atoms with Crippen LogP contribution >= 0.6 is 22.6 Å². The molecule has 1 saturated heterocycles. The monoisotopic (exact) mass is 288 g/mol. The molecule has 0 amide bonds. The fourth-order valence-corrected chi connectivity index (χ4v) is 2.42. The first-order valence-corrected chi connectivity index (χ1v) is 5.01. The van der Waals surface area contributed by atoms with Crippen LogP contribution in [0.3, 0.4) is 0 Å². The van der Waals surface area contributed by atoms with E-state index in [-0.39, 0.29) is 10.2 Å². The third-order valence-electron chi connectivity index (χ3n) is 2.04. The van der Waals surface area contributed by atoms with Gasteiger partial charge in [0.25, 0.3) is 0 Å². The first kappa shape index (κ1) is 10.6. The highest BCUT2D eigenvalue weighted by atomic mass is 127. The Morgan fingerprint density at radius 3 is 2.42 bits per heavy atom. The largest absolute Gasteiger partial charge is 0.388 e. The Hall–Kier alpha value is 0.570. The topological polar surface area (TPSA) is 58.9 Å². The van der Waals surface area contributed by atoms with E-state index in [0.29, 0.717) is 0 Å². The van der Waals surface area contributed by atoms with E-state index in [4.69, 9.17) is 9.47 Å². The van der Waals surface area contributed by atoms with Crippen molar-refractivity contribution in [2.75, 3.05) is 7.11 Å². The van der Waals surface area contributed by atoms with Crippen molar-refractivity contribution in [2.45, 2.75) is 35.5 Å². The molecule has 0 radical (unpaired) electrons. The highest BCUT2D eigenvalue weighted by Crippen LogP contribution is 2.26. The van der Waals surface area contributed by atoms with Crippen molar-refractivity contribution in [3.8, 4) is 0 Å². The van der Waals surface area contributed by atoms with Crippen LogP contribution in [0.1, 0.15) is 6.92 Å². The molecule has 0 aromatic heterocycles. The van der Waals surface area contributed by atoms with Crippen LogP contribution in [0.25, 0.3) is 0 Å². The molecule has 72 valence electrons. The van der Waals surface area contributed by atoms with Crippen LogP contribution in [0, 0.1) is 0 Å². The normalized spacial score (nSPS) is 49.2. The third-order valence-corrected chi connectivity index (χ3v) is 3.04. The van der Waals surface area contributed by atoms with Gasteiger partial charge in [-0.15, -0.1) is 0 Å². The van der Waals surface area contributed by atoms with Gasteiger partial charge >= 0.3 is 0 Å². The van der Waals surface area contributed by atoms with Gasteiger partial charge in [0.05, 0.1) is 6.10 Å². The lowest BCUT2D eigenvalue weighted by Gasteiger charge is -2.38. The van der Waals surface area contributed by atoms with Crippen molar-refractivity contribution in [3.05, 3.63) is 0 Å². The predicted molar refractivity (Wildman–Crippen MR) is 51.2 cm³/mol. The molecule has 5 heteroatoms. The summed E-state index contributed by atoms with van der Waals surface area (Å²) in [6.45, 7) is 1.73. The molecule has 0 saturated carbocycles. The molecule has 0 aromatic carbocycles. The predicted octanol–water partition coefficient (Wildman–Crippen LogP) is -0.0970. The van der Waals surface area contributed by atoms with Gasteiger partial charge in [0.15, 0.2) is 0 Å². The summed E-state index contributed by atoms with van der Waals surface area (Å²) in [5.74, 6) is 0. The summed E-state index contributed by atoms with van der Waals surface area (Å²) in [6.07, 6.45) is -2.51. The van der Waals surface area contributed by atoms with Crippen LogP contribution in [0.2, 0.25) is 0 Å². The van der Waals surface area contributed by atoms with Gasteiger partial charge in [0.1, 0.15) is 22.4 Å². The first-order valence-electron chi connectivity index (χ1n) is 3.76. The summed E-state index contributed by atoms with van der Waals surface area (Å²) in [7, 11) is 1.49. The zero-order chi connectivity index (χ0) is 9.30. The maximum Gasteiger partial charge on any atom is 0.137 e. The number of hydrogen-bond donors (Lipinski definition) is 2. The van der Waals surface area contributed by atoms with Crippen molar-refractivity contribution in [1.82, 2.24) is 0 Å². The van der Waals surface area contributed by atoms with E-state index < -0.39 is 18.3 Å². The van der Waals surface area contributed by atoms with E-state index in [1.54, 1.807) is 6.92 Å². The molecule has 1 aliphatic rings. The Kier molecular flexibility index (Phi) is 3.72.